The van der Waals surface area contributed by atoms with Crippen LogP contribution in [0.4, 0.5) is 0 Å². The quantitative estimate of drug-likeness (QED) is 0.866. The molecule has 0 aromatic heterocycles. The van der Waals surface area contributed by atoms with Crippen LogP contribution in [0.2, 0.25) is 0 Å². The first kappa shape index (κ1) is 14.9. The van der Waals surface area contributed by atoms with Gasteiger partial charge >= 0.3 is 0 Å². The summed E-state index contributed by atoms with van der Waals surface area (Å²) in [5.41, 5.74) is 1.75. The van der Waals surface area contributed by atoms with E-state index in [0.717, 1.165) is 18.8 Å². The van der Waals surface area contributed by atoms with Crippen molar-refractivity contribution in [3.63, 3.8) is 0 Å². The van der Waals surface area contributed by atoms with Crippen molar-refractivity contribution >= 4 is 0 Å². The van der Waals surface area contributed by atoms with Crippen LogP contribution in [0.1, 0.15) is 51.1 Å². The summed E-state index contributed by atoms with van der Waals surface area (Å²) in [6, 6.07) is 9.37. The summed E-state index contributed by atoms with van der Waals surface area (Å²) in [6.07, 6.45) is 5.65. The molecule has 1 aromatic carbocycles. The Kier molecular flexibility index (Phi) is 4.23. The van der Waals surface area contributed by atoms with Crippen molar-refractivity contribution in [3.05, 3.63) is 29.8 Å². The normalized spacial score (nSPS) is 27.8. The summed E-state index contributed by atoms with van der Waals surface area (Å²) in [4.78, 5) is 0. The molecule has 2 saturated carbocycles. The van der Waals surface area contributed by atoms with Gasteiger partial charge in [0.25, 0.3) is 0 Å². The second-order valence-corrected chi connectivity index (χ2v) is 6.48. The van der Waals surface area contributed by atoms with Crippen LogP contribution in [0.25, 0.3) is 0 Å². The number of rotatable bonds is 6. The number of nitrogens with one attached hydrogen (secondary N) is 1. The fourth-order valence-corrected chi connectivity index (χ4v) is 3.96. The van der Waals surface area contributed by atoms with Crippen molar-refractivity contribution < 1.29 is 9.47 Å². The lowest BCUT2D eigenvalue weighted by Crippen LogP contribution is -2.67. The molecule has 1 N–H and O–H groups in total. The minimum atomic E-state index is 0.376. The zero-order chi connectivity index (χ0) is 14.9. The Morgan fingerprint density at radius 3 is 2.52 bits per heavy atom. The van der Waals surface area contributed by atoms with E-state index in [1.54, 1.807) is 7.11 Å². The highest BCUT2D eigenvalue weighted by molar-refractivity contribution is 5.29. The van der Waals surface area contributed by atoms with E-state index in [9.17, 15) is 0 Å². The lowest BCUT2D eigenvalue weighted by molar-refractivity contribution is -0.174. The molecule has 2 aliphatic rings. The molecular weight excluding hydrogens is 262 g/mol. The monoisotopic (exact) mass is 289 g/mol. The first-order chi connectivity index (χ1) is 10.2. The lowest BCUT2D eigenvalue weighted by atomic mass is 9.51. The van der Waals surface area contributed by atoms with E-state index in [4.69, 9.17) is 9.47 Å². The third-order valence-corrected chi connectivity index (χ3v) is 5.50. The van der Waals surface area contributed by atoms with Crippen LogP contribution in [0.3, 0.4) is 0 Å². The van der Waals surface area contributed by atoms with Crippen LogP contribution < -0.4 is 10.1 Å². The molecule has 2 unspecified atom stereocenters. The Bertz CT molecular complexity index is 467. The molecule has 0 bridgehead atoms. The van der Waals surface area contributed by atoms with Crippen molar-refractivity contribution in [3.8, 4) is 5.75 Å². The van der Waals surface area contributed by atoms with E-state index >= 15 is 0 Å². The zero-order valence-corrected chi connectivity index (χ0v) is 13.4. The largest absolute Gasteiger partial charge is 0.497 e. The highest BCUT2D eigenvalue weighted by Gasteiger charge is 2.58. The fraction of sp³-hybridized carbons (Fsp3) is 0.667. The standard InChI is InChI=1S/C18H27NO2/c1-4-21-17-12-16(18(17)10-5-11-18)19-13(2)14-6-8-15(20-3)9-7-14/h6-9,13,16-17,19H,4-5,10-12H2,1-3H3/t13-,16?,17?/m1/s1. The summed E-state index contributed by atoms with van der Waals surface area (Å²) < 4.78 is 11.2. The number of methoxy groups -OCH3 is 1. The molecule has 21 heavy (non-hydrogen) atoms. The molecule has 0 radical (unpaired) electrons. The van der Waals surface area contributed by atoms with Gasteiger partial charge in [0.05, 0.1) is 13.2 Å². The van der Waals surface area contributed by atoms with Gasteiger partial charge in [0.2, 0.25) is 0 Å². The maximum Gasteiger partial charge on any atom is 0.118 e. The van der Waals surface area contributed by atoms with Crippen molar-refractivity contribution in [2.45, 2.75) is 57.7 Å². The van der Waals surface area contributed by atoms with Gasteiger partial charge in [-0.25, -0.2) is 0 Å². The summed E-state index contributed by atoms with van der Waals surface area (Å²) in [6.45, 7) is 5.20. The molecule has 3 nitrogen and oxygen atoms in total. The minimum absolute atomic E-state index is 0.376. The molecule has 0 amide bonds. The molecule has 2 aliphatic carbocycles. The van der Waals surface area contributed by atoms with E-state index in [1.807, 2.05) is 12.1 Å². The average Bonchev–Trinajstić information content (AvgIpc) is 2.44. The first-order valence-corrected chi connectivity index (χ1v) is 8.21. The number of ether oxygens (including phenoxy) is 2. The van der Waals surface area contributed by atoms with Crippen molar-refractivity contribution in [1.29, 1.82) is 0 Å². The number of benzene rings is 1. The van der Waals surface area contributed by atoms with E-state index in [1.165, 1.54) is 24.8 Å². The predicted molar refractivity (Wildman–Crippen MR) is 84.6 cm³/mol. The summed E-state index contributed by atoms with van der Waals surface area (Å²) in [5, 5.41) is 3.83. The molecule has 3 rings (SSSR count). The van der Waals surface area contributed by atoms with Gasteiger partial charge in [-0.15, -0.1) is 0 Å². The molecule has 2 fully saturated rings. The molecule has 1 aromatic rings. The van der Waals surface area contributed by atoms with Crippen LogP contribution in [-0.2, 0) is 4.74 Å². The van der Waals surface area contributed by atoms with Gasteiger partial charge in [-0.1, -0.05) is 18.6 Å². The zero-order valence-electron chi connectivity index (χ0n) is 13.4. The Labute approximate surface area is 128 Å². The average molecular weight is 289 g/mol. The number of hydrogen-bond acceptors (Lipinski definition) is 3. The summed E-state index contributed by atoms with van der Waals surface area (Å²) in [5.74, 6) is 0.918. The van der Waals surface area contributed by atoms with Gasteiger partial charge in [0.1, 0.15) is 5.75 Å². The molecule has 0 heterocycles. The predicted octanol–water partition coefficient (Wildman–Crippen LogP) is 3.69. The SMILES string of the molecule is CCOC1CC(N[C@H](C)c2ccc(OC)cc2)C12CCC2. The molecule has 0 aliphatic heterocycles. The van der Waals surface area contributed by atoms with Crippen LogP contribution in [-0.4, -0.2) is 25.9 Å². The minimum Gasteiger partial charge on any atom is -0.497 e. The molecule has 3 atom stereocenters. The van der Waals surface area contributed by atoms with Gasteiger partial charge < -0.3 is 14.8 Å². The second kappa shape index (κ2) is 5.98. The Morgan fingerprint density at radius 1 is 1.29 bits per heavy atom. The van der Waals surface area contributed by atoms with Gasteiger partial charge in [0, 0.05) is 24.1 Å². The van der Waals surface area contributed by atoms with Crippen LogP contribution in [0.5, 0.6) is 5.75 Å². The lowest BCUT2D eigenvalue weighted by Gasteiger charge is -2.61. The van der Waals surface area contributed by atoms with Crippen molar-refractivity contribution in [2.75, 3.05) is 13.7 Å². The van der Waals surface area contributed by atoms with Gasteiger partial charge in [-0.2, -0.15) is 0 Å². The highest BCUT2D eigenvalue weighted by Crippen LogP contribution is 2.57. The van der Waals surface area contributed by atoms with Crippen LogP contribution in [0, 0.1) is 5.41 Å². The van der Waals surface area contributed by atoms with E-state index in [2.05, 4.69) is 31.3 Å². The highest BCUT2D eigenvalue weighted by atomic mass is 16.5. The third-order valence-electron chi connectivity index (χ3n) is 5.50. The summed E-state index contributed by atoms with van der Waals surface area (Å²) in [7, 11) is 1.71. The first-order valence-electron chi connectivity index (χ1n) is 8.21. The molecule has 3 heteroatoms. The Hall–Kier alpha value is -1.06. The van der Waals surface area contributed by atoms with E-state index in [-0.39, 0.29) is 0 Å². The maximum absolute atomic E-state index is 5.93. The molecular formula is C18H27NO2. The van der Waals surface area contributed by atoms with Crippen molar-refractivity contribution in [1.82, 2.24) is 5.32 Å². The van der Waals surface area contributed by atoms with Crippen molar-refractivity contribution in [2.24, 2.45) is 5.41 Å². The number of hydrogen-bond donors (Lipinski definition) is 1. The summed E-state index contributed by atoms with van der Waals surface area (Å²) >= 11 is 0. The Morgan fingerprint density at radius 2 is 2.00 bits per heavy atom. The topological polar surface area (TPSA) is 30.5 Å². The van der Waals surface area contributed by atoms with Crippen LogP contribution >= 0.6 is 0 Å². The molecule has 1 spiro atoms. The van der Waals surface area contributed by atoms with Gasteiger partial charge in [-0.05, 0) is 50.8 Å². The van der Waals surface area contributed by atoms with Gasteiger partial charge in [0.15, 0.2) is 0 Å². The Balaban J connectivity index is 1.61. The smallest absolute Gasteiger partial charge is 0.118 e. The van der Waals surface area contributed by atoms with E-state index in [0.29, 0.717) is 23.6 Å². The fourth-order valence-electron chi connectivity index (χ4n) is 3.96. The van der Waals surface area contributed by atoms with Crippen LogP contribution in [0.15, 0.2) is 24.3 Å². The molecule has 0 saturated heterocycles. The van der Waals surface area contributed by atoms with Gasteiger partial charge in [-0.3, -0.25) is 0 Å². The molecule has 116 valence electrons. The third kappa shape index (κ3) is 2.58. The second-order valence-electron chi connectivity index (χ2n) is 6.48. The van der Waals surface area contributed by atoms with E-state index < -0.39 is 0 Å². The maximum atomic E-state index is 5.93.